The molecule has 1 amide bonds. The summed E-state index contributed by atoms with van der Waals surface area (Å²) in [4.78, 5) is 24.0. The van der Waals surface area contributed by atoms with Crippen LogP contribution >= 0.6 is 0 Å². The molecule has 2 atom stereocenters. The minimum atomic E-state index is -4.62. The van der Waals surface area contributed by atoms with Gasteiger partial charge in [-0.1, -0.05) is 24.3 Å². The van der Waals surface area contributed by atoms with E-state index in [0.717, 1.165) is 18.2 Å². The topological polar surface area (TPSA) is 83.5 Å². The molecule has 2 aromatic carbocycles. The van der Waals surface area contributed by atoms with Gasteiger partial charge in [0, 0.05) is 16.2 Å². The van der Waals surface area contributed by atoms with Gasteiger partial charge in [-0.2, -0.15) is 13.2 Å². The van der Waals surface area contributed by atoms with Crippen molar-refractivity contribution in [3.8, 4) is 0 Å². The monoisotopic (exact) mass is 399 g/mol. The summed E-state index contributed by atoms with van der Waals surface area (Å²) in [7, 11) is -1.46. The fourth-order valence-corrected chi connectivity index (χ4v) is 3.40. The number of benzene rings is 2. The fourth-order valence-electron chi connectivity index (χ4n) is 2.25. The van der Waals surface area contributed by atoms with E-state index in [-0.39, 0.29) is 17.7 Å². The van der Waals surface area contributed by atoms with Gasteiger partial charge in [0.25, 0.3) is 5.91 Å². The Labute approximate surface area is 155 Å². The summed E-state index contributed by atoms with van der Waals surface area (Å²) in [5.41, 5.74) is -1.31. The van der Waals surface area contributed by atoms with Gasteiger partial charge in [-0.3, -0.25) is 9.00 Å². The van der Waals surface area contributed by atoms with Crippen LogP contribution in [-0.4, -0.2) is 33.0 Å². The van der Waals surface area contributed by atoms with Gasteiger partial charge < -0.3 is 10.4 Å². The summed E-state index contributed by atoms with van der Waals surface area (Å²) in [5, 5.41) is 11.4. The summed E-state index contributed by atoms with van der Waals surface area (Å²) < 4.78 is 50.4. The third kappa shape index (κ3) is 5.92. The van der Waals surface area contributed by atoms with E-state index in [1.165, 1.54) is 0 Å². The maximum absolute atomic E-state index is 12.7. The van der Waals surface area contributed by atoms with Crippen molar-refractivity contribution in [2.45, 2.75) is 23.5 Å². The highest BCUT2D eigenvalue weighted by Gasteiger charge is 2.31. The van der Waals surface area contributed by atoms with E-state index in [4.69, 9.17) is 0 Å². The van der Waals surface area contributed by atoms with Gasteiger partial charge in [0.05, 0.1) is 16.4 Å². The van der Waals surface area contributed by atoms with Crippen LogP contribution in [0.2, 0.25) is 0 Å². The highest BCUT2D eigenvalue weighted by atomic mass is 32.2. The number of amides is 1. The molecule has 27 heavy (non-hydrogen) atoms. The van der Waals surface area contributed by atoms with Crippen molar-refractivity contribution >= 4 is 22.7 Å². The van der Waals surface area contributed by atoms with Gasteiger partial charge in [0.1, 0.15) is 6.04 Å². The van der Waals surface area contributed by atoms with Gasteiger partial charge in [0.2, 0.25) is 0 Å². The molecule has 9 heteroatoms. The Hall–Kier alpha value is -2.68. The van der Waals surface area contributed by atoms with Crippen LogP contribution in [0, 0.1) is 0 Å². The van der Waals surface area contributed by atoms with Crippen LogP contribution in [0.3, 0.4) is 0 Å². The van der Waals surface area contributed by atoms with Crippen LogP contribution < -0.4 is 5.32 Å². The molecule has 2 N–H and O–H groups in total. The smallest absolute Gasteiger partial charge is 0.416 e. The van der Waals surface area contributed by atoms with Crippen molar-refractivity contribution in [2.24, 2.45) is 0 Å². The number of rotatable bonds is 7. The molecule has 0 aliphatic heterocycles. The minimum Gasteiger partial charge on any atom is -0.480 e. The number of carboxylic acid groups (broad SMARTS) is 1. The number of hydrogen-bond donors (Lipinski definition) is 2. The Morgan fingerprint density at radius 3 is 2.33 bits per heavy atom. The molecule has 0 saturated heterocycles. The van der Waals surface area contributed by atoms with Crippen molar-refractivity contribution < 1.29 is 32.1 Å². The minimum absolute atomic E-state index is 0.0240. The molecule has 0 aromatic heterocycles. The molecule has 0 bridgehead atoms. The van der Waals surface area contributed by atoms with Crippen molar-refractivity contribution in [1.82, 2.24) is 5.32 Å². The van der Waals surface area contributed by atoms with Crippen LogP contribution in [-0.2, 0) is 21.8 Å². The number of alkyl halides is 3. The Morgan fingerprint density at radius 1 is 1.07 bits per heavy atom. The first-order valence-electron chi connectivity index (χ1n) is 7.83. The molecule has 0 aliphatic carbocycles. The zero-order valence-corrected chi connectivity index (χ0v) is 14.7. The lowest BCUT2D eigenvalue weighted by Gasteiger charge is -2.15. The summed E-state index contributed by atoms with van der Waals surface area (Å²) in [6, 6.07) is 10.7. The van der Waals surface area contributed by atoms with Crippen LogP contribution in [0.4, 0.5) is 13.2 Å². The molecule has 0 saturated carbocycles. The van der Waals surface area contributed by atoms with Crippen molar-refractivity contribution in [3.05, 3.63) is 65.7 Å². The normalized spacial score (nSPS) is 13.6. The Morgan fingerprint density at radius 2 is 1.74 bits per heavy atom. The average molecular weight is 399 g/mol. The lowest BCUT2D eigenvalue weighted by molar-refractivity contribution is -0.139. The predicted molar refractivity (Wildman–Crippen MR) is 92.7 cm³/mol. The number of halogens is 3. The van der Waals surface area contributed by atoms with Gasteiger partial charge in [-0.15, -0.1) is 0 Å². The van der Waals surface area contributed by atoms with Crippen molar-refractivity contribution in [2.75, 3.05) is 5.75 Å². The van der Waals surface area contributed by atoms with E-state index in [1.807, 2.05) is 0 Å². The number of hydrogen-bond acceptors (Lipinski definition) is 3. The predicted octanol–water partition coefficient (Wildman–Crippen LogP) is 3.09. The van der Waals surface area contributed by atoms with Gasteiger partial charge in [-0.25, -0.2) is 4.79 Å². The largest absolute Gasteiger partial charge is 0.480 e. The van der Waals surface area contributed by atoms with Gasteiger partial charge in [-0.05, 0) is 36.8 Å². The zero-order valence-electron chi connectivity index (χ0n) is 13.9. The highest BCUT2D eigenvalue weighted by molar-refractivity contribution is 7.85. The molecule has 144 valence electrons. The van der Waals surface area contributed by atoms with Crippen LogP contribution in [0.25, 0.3) is 0 Å². The second-order valence-electron chi connectivity index (χ2n) is 5.59. The second kappa shape index (κ2) is 8.81. The summed E-state index contributed by atoms with van der Waals surface area (Å²) in [6.07, 6.45) is -4.75. The van der Waals surface area contributed by atoms with E-state index >= 15 is 0 Å². The maximum Gasteiger partial charge on any atom is 0.416 e. The SMILES string of the molecule is O=C(N[C@H](CC[S@@](=O)c1ccccc1)C(=O)O)c1cccc(C(F)(F)F)c1. The van der Waals surface area contributed by atoms with Crippen LogP contribution in [0.15, 0.2) is 59.5 Å². The number of nitrogens with one attached hydrogen (secondary N) is 1. The zero-order chi connectivity index (χ0) is 20.0. The second-order valence-corrected chi connectivity index (χ2v) is 7.16. The van der Waals surface area contributed by atoms with Crippen LogP contribution in [0.1, 0.15) is 22.3 Å². The van der Waals surface area contributed by atoms with E-state index in [9.17, 15) is 32.1 Å². The summed E-state index contributed by atoms with van der Waals surface area (Å²) in [6.45, 7) is 0. The van der Waals surface area contributed by atoms with E-state index in [0.29, 0.717) is 11.0 Å². The molecule has 0 fully saturated rings. The molecule has 0 heterocycles. The number of carbonyl (C=O) groups excluding carboxylic acids is 1. The van der Waals surface area contributed by atoms with Gasteiger partial charge >= 0.3 is 12.1 Å². The lowest BCUT2D eigenvalue weighted by Crippen LogP contribution is -2.41. The number of aliphatic carboxylic acids is 1. The lowest BCUT2D eigenvalue weighted by atomic mass is 10.1. The third-order valence-corrected chi connectivity index (χ3v) is 5.06. The first-order chi connectivity index (χ1) is 12.7. The maximum atomic E-state index is 12.7. The molecule has 0 aliphatic rings. The number of carbonyl (C=O) groups is 2. The summed E-state index contributed by atoms with van der Waals surface area (Å²) >= 11 is 0. The summed E-state index contributed by atoms with van der Waals surface area (Å²) in [5.74, 6) is -2.33. The molecular formula is C18H16F3NO4S. The first kappa shape index (κ1) is 20.6. The fraction of sp³-hybridized carbons (Fsp3) is 0.222. The molecule has 2 aromatic rings. The molecule has 5 nitrogen and oxygen atoms in total. The first-order valence-corrected chi connectivity index (χ1v) is 9.14. The number of carboxylic acids is 1. The highest BCUT2D eigenvalue weighted by Crippen LogP contribution is 2.29. The van der Waals surface area contributed by atoms with Crippen molar-refractivity contribution in [3.63, 3.8) is 0 Å². The standard InChI is InChI=1S/C18H16F3NO4S/c19-18(20,21)13-6-4-5-12(11-13)16(23)22-15(17(24)25)9-10-27(26)14-7-2-1-3-8-14/h1-8,11,15H,9-10H2,(H,22,23)(H,24,25)/t15-,27-/m1/s1. The van der Waals surface area contributed by atoms with Crippen LogP contribution in [0.5, 0.6) is 0 Å². The Balaban J connectivity index is 2.04. The molecular weight excluding hydrogens is 383 g/mol. The third-order valence-electron chi connectivity index (χ3n) is 3.65. The average Bonchev–Trinajstić information content (AvgIpc) is 2.64. The molecule has 2 rings (SSSR count). The van der Waals surface area contributed by atoms with Gasteiger partial charge in [0.15, 0.2) is 0 Å². The van der Waals surface area contributed by atoms with E-state index in [1.54, 1.807) is 30.3 Å². The van der Waals surface area contributed by atoms with E-state index < -0.39 is 40.5 Å². The van der Waals surface area contributed by atoms with E-state index in [2.05, 4.69) is 5.32 Å². The Bertz CT molecular complexity index is 840. The molecule has 0 spiro atoms. The quantitative estimate of drug-likeness (QED) is 0.750. The Kier molecular flexibility index (Phi) is 6.73. The molecule has 0 radical (unpaired) electrons. The van der Waals surface area contributed by atoms with Crippen molar-refractivity contribution in [1.29, 1.82) is 0 Å². The molecule has 0 unspecified atom stereocenters.